The normalized spacial score (nSPS) is 10.7. The van der Waals surface area contributed by atoms with Gasteiger partial charge in [0.05, 0.1) is 5.75 Å². The lowest BCUT2D eigenvalue weighted by atomic mass is 10.2. The first kappa shape index (κ1) is 15.4. The molecule has 0 amide bonds. The average Bonchev–Trinajstić information content (AvgIpc) is 2.93. The number of hydrogen-bond donors (Lipinski definition) is 3. The Kier molecular flexibility index (Phi) is 4.53. The minimum Gasteiger partial charge on any atom is -0.374 e. The third-order valence-electron chi connectivity index (χ3n) is 2.84. The number of nitrogens with two attached hydrogens (primary N) is 2. The van der Waals surface area contributed by atoms with Crippen LogP contribution in [0.3, 0.4) is 0 Å². The molecule has 0 saturated heterocycles. The van der Waals surface area contributed by atoms with Gasteiger partial charge in [-0.25, -0.2) is 0 Å². The fraction of sp³-hybridized carbons (Fsp3) is 0.154. The molecule has 5 N–H and O–H groups in total. The van der Waals surface area contributed by atoms with Gasteiger partial charge < -0.3 is 16.8 Å². The lowest BCUT2D eigenvalue weighted by molar-refractivity contribution is 0.975. The number of rotatable bonds is 5. The van der Waals surface area contributed by atoms with Gasteiger partial charge in [-0.15, -0.1) is 10.2 Å². The van der Waals surface area contributed by atoms with Crippen LogP contribution < -0.4 is 16.8 Å². The number of nitrogens with zero attached hydrogens (tertiary/aromatic N) is 5. The Morgan fingerprint density at radius 3 is 2.70 bits per heavy atom. The minimum absolute atomic E-state index is 0.170. The van der Waals surface area contributed by atoms with E-state index >= 15 is 0 Å². The summed E-state index contributed by atoms with van der Waals surface area (Å²) >= 11 is 2.77. The second-order valence-electron chi connectivity index (χ2n) is 4.57. The molecular formula is C13H14N8S2. The molecule has 1 aromatic carbocycles. The van der Waals surface area contributed by atoms with E-state index in [0.29, 0.717) is 22.7 Å². The summed E-state index contributed by atoms with van der Waals surface area (Å²) in [4.78, 5) is 12.6. The van der Waals surface area contributed by atoms with E-state index in [1.165, 1.54) is 23.1 Å². The number of nitrogen functional groups attached to an aromatic ring is 2. The minimum atomic E-state index is 0.170. The van der Waals surface area contributed by atoms with Crippen molar-refractivity contribution in [1.82, 2.24) is 25.1 Å². The summed E-state index contributed by atoms with van der Waals surface area (Å²) in [5.41, 5.74) is 13.3. The fourth-order valence-electron chi connectivity index (χ4n) is 1.80. The standard InChI is InChI=1S/C13H14N8S2/c1-7-4-2-3-5-8(7)16-12-18-9(17-10(14)19-12)6-22-13-21-20-11(15)23-13/h2-5H,6H2,1H3,(H2,15,20)(H3,14,16,17,18,19). The van der Waals surface area contributed by atoms with Crippen LogP contribution in [0.1, 0.15) is 11.4 Å². The van der Waals surface area contributed by atoms with Crippen LogP contribution in [0.2, 0.25) is 0 Å². The fourth-order valence-corrected chi connectivity index (χ4v) is 3.29. The number of para-hydroxylation sites is 1. The molecule has 0 aliphatic carbocycles. The maximum absolute atomic E-state index is 5.77. The van der Waals surface area contributed by atoms with Crippen LogP contribution in [-0.4, -0.2) is 25.1 Å². The Bertz CT molecular complexity index is 819. The van der Waals surface area contributed by atoms with Crippen molar-refractivity contribution in [3.8, 4) is 0 Å². The van der Waals surface area contributed by atoms with Crippen molar-refractivity contribution in [3.05, 3.63) is 35.7 Å². The smallest absolute Gasteiger partial charge is 0.232 e. The molecule has 2 heterocycles. The van der Waals surface area contributed by atoms with Gasteiger partial charge >= 0.3 is 0 Å². The third-order valence-corrected chi connectivity index (χ3v) is 4.72. The molecule has 0 radical (unpaired) electrons. The van der Waals surface area contributed by atoms with Crippen LogP contribution in [0.5, 0.6) is 0 Å². The highest BCUT2D eigenvalue weighted by Crippen LogP contribution is 2.26. The molecule has 3 aromatic rings. The number of benzene rings is 1. The Morgan fingerprint density at radius 2 is 1.96 bits per heavy atom. The van der Waals surface area contributed by atoms with Gasteiger partial charge in [-0.3, -0.25) is 0 Å². The molecule has 0 atom stereocenters. The molecule has 2 aromatic heterocycles. The van der Waals surface area contributed by atoms with Gasteiger partial charge in [0.25, 0.3) is 0 Å². The highest BCUT2D eigenvalue weighted by Gasteiger charge is 2.08. The molecule has 0 fully saturated rings. The van der Waals surface area contributed by atoms with Crippen molar-refractivity contribution in [2.24, 2.45) is 0 Å². The van der Waals surface area contributed by atoms with E-state index in [4.69, 9.17) is 11.5 Å². The third kappa shape index (κ3) is 4.05. The molecule has 8 nitrogen and oxygen atoms in total. The van der Waals surface area contributed by atoms with Crippen molar-refractivity contribution in [1.29, 1.82) is 0 Å². The quantitative estimate of drug-likeness (QED) is 0.595. The highest BCUT2D eigenvalue weighted by molar-refractivity contribution is 8.00. The summed E-state index contributed by atoms with van der Waals surface area (Å²) in [6, 6.07) is 7.87. The van der Waals surface area contributed by atoms with Crippen molar-refractivity contribution >= 4 is 45.8 Å². The van der Waals surface area contributed by atoms with Crippen molar-refractivity contribution in [2.45, 2.75) is 17.0 Å². The van der Waals surface area contributed by atoms with Gasteiger partial charge in [0.2, 0.25) is 17.0 Å². The number of aromatic nitrogens is 5. The lowest BCUT2D eigenvalue weighted by Gasteiger charge is -2.09. The van der Waals surface area contributed by atoms with Gasteiger partial charge in [0.1, 0.15) is 5.82 Å². The van der Waals surface area contributed by atoms with E-state index < -0.39 is 0 Å². The summed E-state index contributed by atoms with van der Waals surface area (Å²) in [6.07, 6.45) is 0. The molecule has 0 bridgehead atoms. The topological polar surface area (TPSA) is 129 Å². The van der Waals surface area contributed by atoms with Crippen molar-refractivity contribution in [2.75, 3.05) is 16.8 Å². The van der Waals surface area contributed by atoms with Gasteiger partial charge in [-0.2, -0.15) is 15.0 Å². The Labute approximate surface area is 140 Å². The predicted molar refractivity (Wildman–Crippen MR) is 92.6 cm³/mol. The van der Waals surface area contributed by atoms with Gasteiger partial charge in [-0.1, -0.05) is 41.3 Å². The number of hydrogen-bond acceptors (Lipinski definition) is 10. The van der Waals surface area contributed by atoms with Crippen LogP contribution in [0.25, 0.3) is 0 Å². The van der Waals surface area contributed by atoms with Gasteiger partial charge in [0, 0.05) is 5.69 Å². The van der Waals surface area contributed by atoms with Gasteiger partial charge in [0.15, 0.2) is 4.34 Å². The summed E-state index contributed by atoms with van der Waals surface area (Å²) < 4.78 is 0.759. The van der Waals surface area contributed by atoms with Crippen LogP contribution in [0.4, 0.5) is 22.7 Å². The first-order valence-corrected chi connectivity index (χ1v) is 8.45. The zero-order valence-electron chi connectivity index (χ0n) is 12.2. The molecule has 0 saturated carbocycles. The summed E-state index contributed by atoms with van der Waals surface area (Å²) in [5, 5.41) is 11.3. The SMILES string of the molecule is Cc1ccccc1Nc1nc(N)nc(CSc2nnc(N)s2)n1. The maximum atomic E-state index is 5.77. The van der Waals surface area contributed by atoms with Crippen molar-refractivity contribution < 1.29 is 0 Å². The molecule has 23 heavy (non-hydrogen) atoms. The van der Waals surface area contributed by atoms with Crippen LogP contribution >= 0.6 is 23.1 Å². The Hall–Kier alpha value is -2.46. The average molecular weight is 346 g/mol. The van der Waals surface area contributed by atoms with E-state index in [-0.39, 0.29) is 5.95 Å². The monoisotopic (exact) mass is 346 g/mol. The molecule has 0 spiro atoms. The second-order valence-corrected chi connectivity index (χ2v) is 6.80. The number of nitrogens with one attached hydrogen (secondary N) is 1. The first-order valence-electron chi connectivity index (χ1n) is 6.65. The Balaban J connectivity index is 1.75. The molecule has 10 heteroatoms. The van der Waals surface area contributed by atoms with Crippen LogP contribution in [0.15, 0.2) is 28.6 Å². The summed E-state index contributed by atoms with van der Waals surface area (Å²) in [7, 11) is 0. The largest absolute Gasteiger partial charge is 0.374 e. The number of aryl methyl sites for hydroxylation is 1. The van der Waals surface area contributed by atoms with E-state index in [2.05, 4.69) is 30.5 Å². The molecule has 0 aliphatic rings. The summed E-state index contributed by atoms with van der Waals surface area (Å²) in [6.45, 7) is 2.00. The van der Waals surface area contributed by atoms with Gasteiger partial charge in [-0.05, 0) is 18.6 Å². The van der Waals surface area contributed by atoms with E-state index in [9.17, 15) is 0 Å². The van der Waals surface area contributed by atoms with Crippen LogP contribution in [0, 0.1) is 6.92 Å². The predicted octanol–water partition coefficient (Wildman–Crippen LogP) is 2.23. The highest BCUT2D eigenvalue weighted by atomic mass is 32.2. The zero-order chi connectivity index (χ0) is 16.2. The summed E-state index contributed by atoms with van der Waals surface area (Å²) in [5.74, 6) is 1.65. The first-order chi connectivity index (χ1) is 11.1. The molecule has 3 rings (SSSR count). The molecular weight excluding hydrogens is 332 g/mol. The number of anilines is 4. The van der Waals surface area contributed by atoms with E-state index in [0.717, 1.165) is 15.6 Å². The molecule has 118 valence electrons. The Morgan fingerprint density at radius 1 is 1.13 bits per heavy atom. The molecule has 0 unspecified atom stereocenters. The van der Waals surface area contributed by atoms with E-state index in [1.807, 2.05) is 31.2 Å². The van der Waals surface area contributed by atoms with Crippen molar-refractivity contribution in [3.63, 3.8) is 0 Å². The second kappa shape index (κ2) is 6.75. The lowest BCUT2D eigenvalue weighted by Crippen LogP contribution is -2.07. The number of thioether (sulfide) groups is 1. The zero-order valence-corrected chi connectivity index (χ0v) is 13.9. The maximum Gasteiger partial charge on any atom is 0.232 e. The van der Waals surface area contributed by atoms with Crippen LogP contribution in [-0.2, 0) is 5.75 Å². The van der Waals surface area contributed by atoms with E-state index in [1.54, 1.807) is 0 Å². The molecule has 0 aliphatic heterocycles.